The zero-order chi connectivity index (χ0) is 17.9. The highest BCUT2D eigenvalue weighted by atomic mass is 16.2. The smallest absolute Gasteiger partial charge is 0.274 e. The fraction of sp³-hybridized carbons (Fsp3) is 0.450. The van der Waals surface area contributed by atoms with Crippen LogP contribution in [0.25, 0.3) is 5.69 Å². The summed E-state index contributed by atoms with van der Waals surface area (Å²) in [5, 5.41) is 7.48. The molecular weight excluding hydrogens is 328 g/mol. The number of benzene rings is 1. The lowest BCUT2D eigenvalue weighted by molar-refractivity contribution is -0.117. The van der Waals surface area contributed by atoms with Crippen LogP contribution in [0, 0.1) is 5.92 Å². The summed E-state index contributed by atoms with van der Waals surface area (Å²) in [7, 11) is 0. The lowest BCUT2D eigenvalue weighted by atomic mass is 10.2. The van der Waals surface area contributed by atoms with Crippen LogP contribution in [0.5, 0.6) is 0 Å². The van der Waals surface area contributed by atoms with Crippen LogP contribution in [-0.2, 0) is 4.79 Å². The van der Waals surface area contributed by atoms with E-state index in [0.717, 1.165) is 44.5 Å². The Labute approximate surface area is 153 Å². The summed E-state index contributed by atoms with van der Waals surface area (Å²) >= 11 is 0. The third-order valence-corrected chi connectivity index (χ3v) is 5.02. The predicted molar refractivity (Wildman–Crippen MR) is 99.3 cm³/mol. The number of likely N-dealkylation sites (tertiary alicyclic amines) is 1. The number of carbonyl (C=O) groups excluding carboxylic acids is 2. The minimum atomic E-state index is -0.0523. The zero-order valence-corrected chi connectivity index (χ0v) is 14.9. The van der Waals surface area contributed by atoms with E-state index in [9.17, 15) is 9.59 Å². The van der Waals surface area contributed by atoms with Gasteiger partial charge >= 0.3 is 0 Å². The van der Waals surface area contributed by atoms with E-state index in [1.165, 1.54) is 12.8 Å². The summed E-state index contributed by atoms with van der Waals surface area (Å²) in [6, 6.07) is 11.3. The van der Waals surface area contributed by atoms with E-state index in [0.29, 0.717) is 11.5 Å². The van der Waals surface area contributed by atoms with Gasteiger partial charge < -0.3 is 10.2 Å². The van der Waals surface area contributed by atoms with Crippen molar-refractivity contribution >= 4 is 17.6 Å². The van der Waals surface area contributed by atoms with Crippen LogP contribution in [0.3, 0.4) is 0 Å². The molecule has 1 N–H and O–H groups in total. The van der Waals surface area contributed by atoms with Crippen LogP contribution in [-0.4, -0.2) is 39.6 Å². The van der Waals surface area contributed by atoms with Gasteiger partial charge in [-0.05, 0) is 37.8 Å². The summed E-state index contributed by atoms with van der Waals surface area (Å²) in [6.45, 7) is 1.56. The van der Waals surface area contributed by atoms with Crippen molar-refractivity contribution in [2.75, 3.05) is 18.4 Å². The van der Waals surface area contributed by atoms with Gasteiger partial charge in [-0.2, -0.15) is 5.10 Å². The molecule has 0 radical (unpaired) electrons. The van der Waals surface area contributed by atoms with Gasteiger partial charge in [0.1, 0.15) is 5.82 Å². The van der Waals surface area contributed by atoms with Gasteiger partial charge in [0.05, 0.1) is 5.69 Å². The molecule has 2 aromatic rings. The van der Waals surface area contributed by atoms with Gasteiger partial charge in [0, 0.05) is 25.1 Å². The first-order chi connectivity index (χ1) is 12.7. The molecule has 4 rings (SSSR count). The van der Waals surface area contributed by atoms with Crippen LogP contribution < -0.4 is 5.32 Å². The molecule has 2 fully saturated rings. The van der Waals surface area contributed by atoms with E-state index >= 15 is 0 Å². The molecule has 0 spiro atoms. The molecule has 1 saturated heterocycles. The van der Waals surface area contributed by atoms with E-state index in [2.05, 4.69) is 10.4 Å². The molecule has 0 atom stereocenters. The van der Waals surface area contributed by atoms with Gasteiger partial charge in [-0.15, -0.1) is 0 Å². The van der Waals surface area contributed by atoms with Gasteiger partial charge in [-0.1, -0.05) is 31.0 Å². The molecule has 2 aliphatic rings. The third kappa shape index (κ3) is 3.64. The van der Waals surface area contributed by atoms with E-state index in [4.69, 9.17) is 0 Å². The summed E-state index contributed by atoms with van der Waals surface area (Å²) in [5.74, 6) is 0.615. The molecule has 26 heavy (non-hydrogen) atoms. The molecule has 136 valence electrons. The Morgan fingerprint density at radius 2 is 1.69 bits per heavy atom. The lowest BCUT2D eigenvalue weighted by Gasteiger charge is -2.18. The number of nitrogens with one attached hydrogen (secondary N) is 1. The second-order valence-corrected chi connectivity index (χ2v) is 7.13. The topological polar surface area (TPSA) is 67.2 Å². The molecule has 1 saturated carbocycles. The van der Waals surface area contributed by atoms with E-state index in [1.807, 2.05) is 35.2 Å². The number of amides is 2. The minimum absolute atomic E-state index is 0.0100. The second-order valence-electron chi connectivity index (χ2n) is 7.13. The van der Waals surface area contributed by atoms with Crippen molar-refractivity contribution in [3.05, 3.63) is 42.1 Å². The average Bonchev–Trinajstić information content (AvgIpc) is 3.47. The Kier molecular flexibility index (Phi) is 4.73. The van der Waals surface area contributed by atoms with Crippen LogP contribution in [0.1, 0.15) is 49.0 Å². The van der Waals surface area contributed by atoms with Crippen molar-refractivity contribution in [3.63, 3.8) is 0 Å². The summed E-state index contributed by atoms with van der Waals surface area (Å²) in [6.07, 6.45) is 6.29. The zero-order valence-electron chi connectivity index (χ0n) is 14.9. The number of hydrogen-bond donors (Lipinski definition) is 1. The minimum Gasteiger partial charge on any atom is -0.337 e. The first kappa shape index (κ1) is 16.8. The molecule has 1 aromatic carbocycles. The monoisotopic (exact) mass is 352 g/mol. The van der Waals surface area contributed by atoms with E-state index < -0.39 is 0 Å². The highest BCUT2D eigenvalue weighted by molar-refractivity contribution is 5.97. The normalized spacial score (nSPS) is 17.6. The van der Waals surface area contributed by atoms with E-state index in [-0.39, 0.29) is 17.7 Å². The van der Waals surface area contributed by atoms with Crippen LogP contribution in [0.4, 0.5) is 5.82 Å². The van der Waals surface area contributed by atoms with E-state index in [1.54, 1.807) is 10.7 Å². The second kappa shape index (κ2) is 7.32. The quantitative estimate of drug-likeness (QED) is 0.918. The lowest BCUT2D eigenvalue weighted by Crippen LogP contribution is -2.32. The Morgan fingerprint density at radius 3 is 2.35 bits per heavy atom. The van der Waals surface area contributed by atoms with Crippen molar-refractivity contribution < 1.29 is 9.59 Å². The number of nitrogens with zero attached hydrogens (tertiary/aromatic N) is 3. The maximum absolute atomic E-state index is 12.9. The summed E-state index contributed by atoms with van der Waals surface area (Å²) in [4.78, 5) is 27.0. The maximum atomic E-state index is 12.9. The number of rotatable bonds is 4. The molecule has 1 aliphatic heterocycles. The Balaban J connectivity index is 1.63. The molecule has 6 heteroatoms. The molecule has 1 aliphatic carbocycles. The molecule has 0 bridgehead atoms. The third-order valence-electron chi connectivity index (χ3n) is 5.02. The maximum Gasteiger partial charge on any atom is 0.274 e. The predicted octanol–water partition coefficient (Wildman–Crippen LogP) is 3.24. The molecule has 2 heterocycles. The standard InChI is InChI=1S/C20H24N4O2/c25-19(15-10-11-15)21-18-14-17(20(26)23-12-6-1-2-7-13-23)22-24(18)16-8-4-3-5-9-16/h3-5,8-9,14-15H,1-2,6-7,10-13H2,(H,21,25). The average molecular weight is 352 g/mol. The van der Waals surface area contributed by atoms with Crippen molar-refractivity contribution in [2.24, 2.45) is 5.92 Å². The van der Waals surface area contributed by atoms with Gasteiger partial charge in [-0.25, -0.2) is 4.68 Å². The highest BCUT2D eigenvalue weighted by Gasteiger charge is 2.31. The van der Waals surface area contributed by atoms with Gasteiger partial charge in [0.25, 0.3) is 5.91 Å². The Hall–Kier alpha value is -2.63. The molecule has 2 amide bonds. The molecule has 1 aromatic heterocycles. The van der Waals surface area contributed by atoms with Crippen molar-refractivity contribution in [2.45, 2.75) is 38.5 Å². The molecule has 6 nitrogen and oxygen atoms in total. The van der Waals surface area contributed by atoms with Crippen molar-refractivity contribution in [1.29, 1.82) is 0 Å². The molecule has 0 unspecified atom stereocenters. The fourth-order valence-electron chi connectivity index (χ4n) is 3.35. The first-order valence-electron chi connectivity index (χ1n) is 9.48. The highest BCUT2D eigenvalue weighted by Crippen LogP contribution is 2.30. The number of aromatic nitrogens is 2. The van der Waals surface area contributed by atoms with Gasteiger partial charge in [0.15, 0.2) is 5.69 Å². The van der Waals surface area contributed by atoms with Crippen LogP contribution in [0.15, 0.2) is 36.4 Å². The first-order valence-corrected chi connectivity index (χ1v) is 9.48. The van der Waals surface area contributed by atoms with Crippen LogP contribution >= 0.6 is 0 Å². The molecular formula is C20H24N4O2. The number of carbonyl (C=O) groups is 2. The van der Waals surface area contributed by atoms with Gasteiger partial charge in [-0.3, -0.25) is 9.59 Å². The SMILES string of the molecule is O=C(Nc1cc(C(=O)N2CCCCCC2)nn1-c1ccccc1)C1CC1. The number of para-hydroxylation sites is 1. The van der Waals surface area contributed by atoms with Crippen molar-refractivity contribution in [3.8, 4) is 5.69 Å². The Morgan fingerprint density at radius 1 is 1.00 bits per heavy atom. The number of anilines is 1. The number of hydrogen-bond acceptors (Lipinski definition) is 3. The fourth-order valence-corrected chi connectivity index (χ4v) is 3.35. The Bertz CT molecular complexity index is 787. The van der Waals surface area contributed by atoms with Crippen molar-refractivity contribution in [1.82, 2.24) is 14.7 Å². The largest absolute Gasteiger partial charge is 0.337 e. The van der Waals surface area contributed by atoms with Gasteiger partial charge in [0.2, 0.25) is 5.91 Å². The summed E-state index contributed by atoms with van der Waals surface area (Å²) < 4.78 is 1.66. The van der Waals surface area contributed by atoms with Crippen LogP contribution in [0.2, 0.25) is 0 Å². The summed E-state index contributed by atoms with van der Waals surface area (Å²) in [5.41, 5.74) is 1.22.